The first-order chi connectivity index (χ1) is 15.2. The lowest BCUT2D eigenvalue weighted by atomic mass is 9.74. The van der Waals surface area contributed by atoms with Crippen LogP contribution in [0.3, 0.4) is 0 Å². The van der Waals surface area contributed by atoms with Crippen LogP contribution in [0.15, 0.2) is 47.4 Å². The molecule has 0 atom stereocenters. The number of halogens is 1. The minimum atomic E-state index is -3.82. The monoisotopic (exact) mass is 465 g/mol. The van der Waals surface area contributed by atoms with Crippen molar-refractivity contribution in [3.05, 3.63) is 64.0 Å². The Bertz CT molecular complexity index is 1050. The minimum Gasteiger partial charge on any atom is -0.381 e. The summed E-state index contributed by atoms with van der Waals surface area (Å²) in [4.78, 5) is 11.0. The van der Waals surface area contributed by atoms with Crippen molar-refractivity contribution in [2.75, 3.05) is 38.2 Å². The first-order valence-corrected chi connectivity index (χ1v) is 12.0. The van der Waals surface area contributed by atoms with Gasteiger partial charge in [-0.2, -0.15) is 4.31 Å². The molecule has 1 saturated heterocycles. The normalized spacial score (nSPS) is 16.1. The average molecular weight is 466 g/mol. The highest BCUT2D eigenvalue weighted by atomic mass is 32.2. The Morgan fingerprint density at radius 2 is 1.75 bits per heavy atom. The van der Waals surface area contributed by atoms with Crippen LogP contribution in [0.1, 0.15) is 32.3 Å². The lowest BCUT2D eigenvalue weighted by molar-refractivity contribution is -0.384. The van der Waals surface area contributed by atoms with Gasteiger partial charge in [-0.1, -0.05) is 26.0 Å². The van der Waals surface area contributed by atoms with E-state index in [1.165, 1.54) is 28.6 Å². The van der Waals surface area contributed by atoms with Crippen LogP contribution in [-0.2, 0) is 20.2 Å². The van der Waals surface area contributed by atoms with Crippen LogP contribution in [0.25, 0.3) is 0 Å². The van der Waals surface area contributed by atoms with Gasteiger partial charge in [0.15, 0.2) is 0 Å². The van der Waals surface area contributed by atoms with E-state index in [0.717, 1.165) is 11.6 Å². The molecule has 3 rings (SSSR count). The molecule has 0 radical (unpaired) electrons. The second-order valence-corrected chi connectivity index (χ2v) is 9.72. The van der Waals surface area contributed by atoms with E-state index in [2.05, 4.69) is 5.32 Å². The van der Waals surface area contributed by atoms with Crippen molar-refractivity contribution in [1.29, 1.82) is 0 Å². The fourth-order valence-electron chi connectivity index (χ4n) is 4.08. The zero-order valence-electron chi connectivity index (χ0n) is 18.2. The van der Waals surface area contributed by atoms with Crippen molar-refractivity contribution >= 4 is 21.4 Å². The van der Waals surface area contributed by atoms with Crippen LogP contribution in [0.5, 0.6) is 0 Å². The summed E-state index contributed by atoms with van der Waals surface area (Å²) in [6, 6.07) is 10.2. The Kier molecular flexibility index (Phi) is 7.47. The molecule has 1 aliphatic heterocycles. The highest BCUT2D eigenvalue weighted by molar-refractivity contribution is 7.89. The molecule has 174 valence electrons. The zero-order chi connectivity index (χ0) is 23.4. The van der Waals surface area contributed by atoms with Crippen molar-refractivity contribution in [2.45, 2.75) is 37.0 Å². The molecule has 10 heteroatoms. The molecule has 1 N–H and O–H groups in total. The van der Waals surface area contributed by atoms with Crippen LogP contribution in [0.4, 0.5) is 15.8 Å². The lowest BCUT2D eigenvalue weighted by Crippen LogP contribution is -2.40. The van der Waals surface area contributed by atoms with Gasteiger partial charge < -0.3 is 10.1 Å². The number of benzene rings is 2. The lowest BCUT2D eigenvalue weighted by Gasteiger charge is -2.38. The molecule has 0 bridgehead atoms. The Hall–Kier alpha value is -2.56. The van der Waals surface area contributed by atoms with E-state index in [4.69, 9.17) is 4.74 Å². The highest BCUT2D eigenvalue weighted by Crippen LogP contribution is 2.37. The van der Waals surface area contributed by atoms with E-state index in [1.54, 1.807) is 26.0 Å². The third-order valence-corrected chi connectivity index (χ3v) is 8.08. The van der Waals surface area contributed by atoms with E-state index < -0.39 is 14.9 Å². The molecule has 1 heterocycles. The van der Waals surface area contributed by atoms with Gasteiger partial charge >= 0.3 is 0 Å². The maximum atomic E-state index is 13.4. The minimum absolute atomic E-state index is 0.113. The number of nitro benzene ring substituents is 1. The Balaban J connectivity index is 1.92. The van der Waals surface area contributed by atoms with Crippen molar-refractivity contribution in [3.8, 4) is 0 Å². The fourth-order valence-corrected chi connectivity index (χ4v) is 5.56. The average Bonchev–Trinajstić information content (AvgIpc) is 2.79. The quantitative estimate of drug-likeness (QED) is 0.445. The van der Waals surface area contributed by atoms with Gasteiger partial charge in [0.05, 0.1) is 9.82 Å². The summed E-state index contributed by atoms with van der Waals surface area (Å²) in [5.74, 6) is -0.329. The highest BCUT2D eigenvalue weighted by Gasteiger charge is 2.35. The van der Waals surface area contributed by atoms with E-state index in [1.807, 2.05) is 0 Å². The van der Waals surface area contributed by atoms with Crippen molar-refractivity contribution in [3.63, 3.8) is 0 Å². The summed E-state index contributed by atoms with van der Waals surface area (Å²) in [5.41, 5.74) is 0.477. The molecule has 1 fully saturated rings. The molecule has 32 heavy (non-hydrogen) atoms. The van der Waals surface area contributed by atoms with E-state index in [0.29, 0.717) is 32.6 Å². The van der Waals surface area contributed by atoms with Crippen molar-refractivity contribution in [1.82, 2.24) is 4.31 Å². The molecular formula is C22H28FN3O5S. The number of nitrogens with one attached hydrogen (secondary N) is 1. The van der Waals surface area contributed by atoms with Crippen LogP contribution < -0.4 is 5.32 Å². The number of sulfonamides is 1. The molecule has 0 aromatic heterocycles. The first-order valence-electron chi connectivity index (χ1n) is 10.6. The smallest absolute Gasteiger partial charge is 0.293 e. The molecule has 0 amide bonds. The Labute approximate surface area is 187 Å². The maximum Gasteiger partial charge on any atom is 0.293 e. The molecule has 1 aliphatic rings. The van der Waals surface area contributed by atoms with Gasteiger partial charge in [-0.3, -0.25) is 10.1 Å². The molecule has 2 aromatic rings. The maximum absolute atomic E-state index is 13.4. The topological polar surface area (TPSA) is 102 Å². The largest absolute Gasteiger partial charge is 0.381 e. The third kappa shape index (κ3) is 4.92. The molecule has 0 aliphatic carbocycles. The van der Waals surface area contributed by atoms with Crippen LogP contribution in [-0.4, -0.2) is 50.5 Å². The van der Waals surface area contributed by atoms with E-state index in [-0.39, 0.29) is 40.6 Å². The summed E-state index contributed by atoms with van der Waals surface area (Å²) in [5, 5.41) is 14.9. The number of hydrogen-bond acceptors (Lipinski definition) is 6. The molecule has 0 spiro atoms. The number of hydrogen-bond donors (Lipinski definition) is 1. The molecule has 8 nitrogen and oxygen atoms in total. The predicted molar refractivity (Wildman–Crippen MR) is 120 cm³/mol. The van der Waals surface area contributed by atoms with Crippen molar-refractivity contribution < 1.29 is 22.5 Å². The third-order valence-electron chi connectivity index (χ3n) is 6.03. The number of nitrogens with zero attached hydrogens (tertiary/aromatic N) is 2. The molecule has 0 unspecified atom stereocenters. The molecular weight excluding hydrogens is 437 g/mol. The second-order valence-electron chi connectivity index (χ2n) is 7.78. The SMILES string of the molecule is CCN(CC)S(=O)(=O)c1ccc(NCC2(c3ccc(F)cc3)CCOCC2)c([N+](=O)[O-])c1. The summed E-state index contributed by atoms with van der Waals surface area (Å²) in [6.45, 7) is 5.40. The van der Waals surface area contributed by atoms with Crippen LogP contribution in [0.2, 0.25) is 0 Å². The fraction of sp³-hybridized carbons (Fsp3) is 0.455. The van der Waals surface area contributed by atoms with E-state index >= 15 is 0 Å². The van der Waals surface area contributed by atoms with Gasteiger partial charge in [-0.15, -0.1) is 0 Å². The van der Waals surface area contributed by atoms with Gasteiger partial charge in [0.25, 0.3) is 5.69 Å². The summed E-state index contributed by atoms with van der Waals surface area (Å²) < 4.78 is 45.8. The van der Waals surface area contributed by atoms with Gasteiger partial charge in [-0.05, 0) is 42.7 Å². The summed E-state index contributed by atoms with van der Waals surface area (Å²) in [7, 11) is -3.82. The predicted octanol–water partition coefficient (Wildman–Crippen LogP) is 3.92. The molecule has 2 aromatic carbocycles. The number of ether oxygens (including phenoxy) is 1. The number of rotatable bonds is 9. The standard InChI is InChI=1S/C22H28FN3O5S/c1-3-25(4-2)32(29,30)19-9-10-20(21(15-19)26(27)28)24-16-22(11-13-31-14-12-22)17-5-7-18(23)8-6-17/h5-10,15,24H,3-4,11-14,16H2,1-2H3. The molecule has 0 saturated carbocycles. The van der Waals surface area contributed by atoms with Crippen molar-refractivity contribution in [2.24, 2.45) is 0 Å². The summed E-state index contributed by atoms with van der Waals surface area (Å²) >= 11 is 0. The number of nitro groups is 1. The Morgan fingerprint density at radius 3 is 2.31 bits per heavy atom. The second kappa shape index (κ2) is 9.93. The Morgan fingerprint density at radius 1 is 1.12 bits per heavy atom. The zero-order valence-corrected chi connectivity index (χ0v) is 19.0. The number of anilines is 1. The van der Waals surface area contributed by atoms with Crippen LogP contribution in [0, 0.1) is 15.9 Å². The van der Waals surface area contributed by atoms with Crippen LogP contribution >= 0.6 is 0 Å². The van der Waals surface area contributed by atoms with E-state index in [9.17, 15) is 22.9 Å². The van der Waals surface area contributed by atoms with Gasteiger partial charge in [0, 0.05) is 44.3 Å². The van der Waals surface area contributed by atoms with Gasteiger partial charge in [0.2, 0.25) is 10.0 Å². The first kappa shape index (κ1) is 24.1. The summed E-state index contributed by atoms with van der Waals surface area (Å²) in [6.07, 6.45) is 1.35. The van der Waals surface area contributed by atoms with Gasteiger partial charge in [-0.25, -0.2) is 12.8 Å². The van der Waals surface area contributed by atoms with Gasteiger partial charge in [0.1, 0.15) is 11.5 Å².